The molecule has 18 heavy (non-hydrogen) atoms. The fourth-order valence-corrected chi connectivity index (χ4v) is 1.51. The lowest BCUT2D eigenvalue weighted by Crippen LogP contribution is -2.37. The third-order valence-electron chi connectivity index (χ3n) is 2.47. The number of amides is 1. The molecule has 0 fully saturated rings. The molecule has 0 aliphatic heterocycles. The molecular formula is C12H24N2O4. The molecule has 0 saturated heterocycles. The maximum absolute atomic E-state index is 11.4. The number of carboxylic acids is 1. The van der Waals surface area contributed by atoms with Crippen molar-refractivity contribution in [2.24, 2.45) is 0 Å². The van der Waals surface area contributed by atoms with Gasteiger partial charge in [-0.15, -0.1) is 0 Å². The first-order chi connectivity index (χ1) is 8.56. The summed E-state index contributed by atoms with van der Waals surface area (Å²) < 4.78 is 4.83. The minimum absolute atomic E-state index is 0.0138. The number of hydrogen-bond donors (Lipinski definition) is 2. The molecule has 0 aliphatic carbocycles. The van der Waals surface area contributed by atoms with E-state index in [-0.39, 0.29) is 12.3 Å². The van der Waals surface area contributed by atoms with Crippen LogP contribution in [0.2, 0.25) is 0 Å². The quantitative estimate of drug-likeness (QED) is 0.523. The fraction of sp³-hybridized carbons (Fsp3) is 0.833. The summed E-state index contributed by atoms with van der Waals surface area (Å²) in [6.07, 6.45) is 2.71. The Bertz CT molecular complexity index is 246. The number of nitrogens with zero attached hydrogens (tertiary/aromatic N) is 1. The molecule has 2 N–H and O–H groups in total. The van der Waals surface area contributed by atoms with Gasteiger partial charge in [0.05, 0.1) is 13.2 Å². The Morgan fingerprint density at radius 1 is 1.28 bits per heavy atom. The average molecular weight is 260 g/mol. The number of likely N-dealkylation sites (N-methyl/N-ethyl adjacent to an activating group) is 1. The minimum Gasteiger partial charge on any atom is -0.481 e. The normalized spacial score (nSPS) is 10.6. The van der Waals surface area contributed by atoms with Gasteiger partial charge in [-0.1, -0.05) is 6.42 Å². The van der Waals surface area contributed by atoms with Gasteiger partial charge in [-0.25, -0.2) is 0 Å². The van der Waals surface area contributed by atoms with E-state index in [9.17, 15) is 9.59 Å². The number of nitrogens with one attached hydrogen (secondary N) is 1. The van der Waals surface area contributed by atoms with Gasteiger partial charge in [0.1, 0.15) is 0 Å². The highest BCUT2D eigenvalue weighted by Crippen LogP contribution is 2.00. The standard InChI is InChI=1S/C12H24N2O4/c1-14(8-5-3-4-6-12(16)17)10-11(15)13-7-9-18-2/h3-10H2,1-2H3,(H,13,15)(H,16,17). The lowest BCUT2D eigenvalue weighted by molar-refractivity contribution is -0.137. The van der Waals surface area contributed by atoms with E-state index in [1.807, 2.05) is 11.9 Å². The van der Waals surface area contributed by atoms with E-state index >= 15 is 0 Å². The Kier molecular flexibility index (Phi) is 10.3. The van der Waals surface area contributed by atoms with E-state index in [1.165, 1.54) is 0 Å². The second kappa shape index (κ2) is 11.0. The van der Waals surface area contributed by atoms with Crippen LogP contribution in [0, 0.1) is 0 Å². The molecule has 0 heterocycles. The van der Waals surface area contributed by atoms with E-state index < -0.39 is 5.97 Å². The third kappa shape index (κ3) is 11.3. The largest absolute Gasteiger partial charge is 0.481 e. The summed E-state index contributed by atoms with van der Waals surface area (Å²) >= 11 is 0. The van der Waals surface area contributed by atoms with E-state index in [2.05, 4.69) is 5.32 Å². The highest BCUT2D eigenvalue weighted by molar-refractivity contribution is 5.77. The fourth-order valence-electron chi connectivity index (χ4n) is 1.51. The predicted octanol–water partition coefficient (Wildman–Crippen LogP) is 0.326. The smallest absolute Gasteiger partial charge is 0.303 e. The van der Waals surface area contributed by atoms with Gasteiger partial charge >= 0.3 is 5.97 Å². The molecule has 0 aromatic heterocycles. The van der Waals surface area contributed by atoms with Crippen LogP contribution < -0.4 is 5.32 Å². The minimum atomic E-state index is -0.749. The number of carbonyl (C=O) groups excluding carboxylic acids is 1. The lowest BCUT2D eigenvalue weighted by Gasteiger charge is -2.15. The number of ether oxygens (including phenoxy) is 1. The van der Waals surface area contributed by atoms with Crippen LogP contribution in [-0.4, -0.2) is 62.3 Å². The Hall–Kier alpha value is -1.14. The van der Waals surface area contributed by atoms with Crippen molar-refractivity contribution in [2.75, 3.05) is 40.4 Å². The molecular weight excluding hydrogens is 236 g/mol. The number of unbranched alkanes of at least 4 members (excludes halogenated alkanes) is 2. The van der Waals surface area contributed by atoms with Crippen molar-refractivity contribution in [3.8, 4) is 0 Å². The van der Waals surface area contributed by atoms with Crippen molar-refractivity contribution in [3.63, 3.8) is 0 Å². The van der Waals surface area contributed by atoms with Gasteiger partial charge in [-0.3, -0.25) is 14.5 Å². The zero-order chi connectivity index (χ0) is 13.8. The molecule has 0 atom stereocenters. The molecule has 0 saturated carbocycles. The number of aliphatic carboxylic acids is 1. The van der Waals surface area contributed by atoms with Crippen molar-refractivity contribution >= 4 is 11.9 Å². The van der Waals surface area contributed by atoms with Crippen LogP contribution in [0.15, 0.2) is 0 Å². The van der Waals surface area contributed by atoms with Crippen molar-refractivity contribution in [3.05, 3.63) is 0 Å². The molecule has 0 rings (SSSR count). The monoisotopic (exact) mass is 260 g/mol. The van der Waals surface area contributed by atoms with E-state index in [4.69, 9.17) is 9.84 Å². The van der Waals surface area contributed by atoms with Gasteiger partial charge in [0.2, 0.25) is 5.91 Å². The van der Waals surface area contributed by atoms with E-state index in [0.29, 0.717) is 26.1 Å². The molecule has 0 radical (unpaired) electrons. The molecule has 106 valence electrons. The predicted molar refractivity (Wildman–Crippen MR) is 68.5 cm³/mol. The Morgan fingerprint density at radius 2 is 2.00 bits per heavy atom. The zero-order valence-electron chi connectivity index (χ0n) is 11.3. The summed E-state index contributed by atoms with van der Waals surface area (Å²) in [5.41, 5.74) is 0. The van der Waals surface area contributed by atoms with Gasteiger partial charge in [0.15, 0.2) is 0 Å². The molecule has 0 spiro atoms. The Morgan fingerprint density at radius 3 is 2.61 bits per heavy atom. The molecule has 6 heteroatoms. The highest BCUT2D eigenvalue weighted by Gasteiger charge is 2.05. The van der Waals surface area contributed by atoms with E-state index in [0.717, 1.165) is 19.4 Å². The van der Waals surface area contributed by atoms with Crippen LogP contribution in [0.25, 0.3) is 0 Å². The van der Waals surface area contributed by atoms with Crippen molar-refractivity contribution in [1.29, 1.82) is 0 Å². The highest BCUT2D eigenvalue weighted by atomic mass is 16.5. The van der Waals surface area contributed by atoms with Gasteiger partial charge in [-0.05, 0) is 26.4 Å². The maximum Gasteiger partial charge on any atom is 0.303 e. The topological polar surface area (TPSA) is 78.9 Å². The van der Waals surface area contributed by atoms with Crippen LogP contribution in [0.3, 0.4) is 0 Å². The maximum atomic E-state index is 11.4. The van der Waals surface area contributed by atoms with Crippen LogP contribution in [0.1, 0.15) is 25.7 Å². The first-order valence-corrected chi connectivity index (χ1v) is 6.22. The summed E-state index contributed by atoms with van der Waals surface area (Å²) in [5.74, 6) is -0.763. The summed E-state index contributed by atoms with van der Waals surface area (Å²) in [6.45, 7) is 2.21. The molecule has 0 unspecified atom stereocenters. The lowest BCUT2D eigenvalue weighted by atomic mass is 10.2. The number of hydrogen-bond acceptors (Lipinski definition) is 4. The van der Waals surface area contributed by atoms with Crippen LogP contribution in [-0.2, 0) is 14.3 Å². The SMILES string of the molecule is COCCNC(=O)CN(C)CCCCCC(=O)O. The van der Waals surface area contributed by atoms with Gasteiger partial charge in [-0.2, -0.15) is 0 Å². The van der Waals surface area contributed by atoms with Crippen LogP contribution in [0.4, 0.5) is 0 Å². The van der Waals surface area contributed by atoms with Gasteiger partial charge in [0, 0.05) is 20.1 Å². The third-order valence-corrected chi connectivity index (χ3v) is 2.47. The molecule has 0 aliphatic rings. The average Bonchev–Trinajstić information content (AvgIpc) is 2.28. The zero-order valence-corrected chi connectivity index (χ0v) is 11.3. The number of methoxy groups -OCH3 is 1. The number of carbonyl (C=O) groups is 2. The van der Waals surface area contributed by atoms with Crippen LogP contribution in [0.5, 0.6) is 0 Å². The summed E-state index contributed by atoms with van der Waals surface area (Å²) in [5, 5.41) is 11.2. The van der Waals surface area contributed by atoms with Gasteiger partial charge in [0.25, 0.3) is 0 Å². The number of rotatable bonds is 11. The molecule has 1 amide bonds. The van der Waals surface area contributed by atoms with Crippen LogP contribution >= 0.6 is 0 Å². The Labute approximate surface area is 108 Å². The molecule has 0 bridgehead atoms. The molecule has 6 nitrogen and oxygen atoms in total. The van der Waals surface area contributed by atoms with Crippen molar-refractivity contribution < 1.29 is 19.4 Å². The molecule has 0 aromatic carbocycles. The molecule has 0 aromatic rings. The summed E-state index contributed by atoms with van der Waals surface area (Å²) in [7, 11) is 3.47. The van der Waals surface area contributed by atoms with E-state index in [1.54, 1.807) is 7.11 Å². The first-order valence-electron chi connectivity index (χ1n) is 6.22. The second-order valence-corrected chi connectivity index (χ2v) is 4.28. The Balaban J connectivity index is 3.43. The summed E-state index contributed by atoms with van der Waals surface area (Å²) in [4.78, 5) is 23.6. The van der Waals surface area contributed by atoms with Crippen molar-refractivity contribution in [2.45, 2.75) is 25.7 Å². The second-order valence-electron chi connectivity index (χ2n) is 4.28. The summed E-state index contributed by atoms with van der Waals surface area (Å²) in [6, 6.07) is 0. The number of carboxylic acid groups (broad SMARTS) is 1. The van der Waals surface area contributed by atoms with Crippen molar-refractivity contribution in [1.82, 2.24) is 10.2 Å². The first kappa shape index (κ1) is 16.9. The van der Waals surface area contributed by atoms with Gasteiger partial charge < -0.3 is 15.2 Å².